The van der Waals surface area contributed by atoms with Crippen LogP contribution in [-0.2, 0) is 0 Å². The third-order valence-electron chi connectivity index (χ3n) is 5.13. The molecule has 2 aromatic rings. The van der Waals surface area contributed by atoms with E-state index in [0.717, 1.165) is 48.5 Å². The van der Waals surface area contributed by atoms with Gasteiger partial charge in [-0.15, -0.1) is 0 Å². The molecule has 2 aromatic carbocycles. The normalized spacial score (nSPS) is 16.7. The molecule has 0 unspecified atom stereocenters. The lowest BCUT2D eigenvalue weighted by atomic mass is 10.1. The minimum Gasteiger partial charge on any atom is -0.453 e. The molecule has 0 aromatic heterocycles. The summed E-state index contributed by atoms with van der Waals surface area (Å²) in [5.41, 5.74) is 3.44. The zero-order chi connectivity index (χ0) is 17.2. The number of hydrogen-bond donors (Lipinski definition) is 0. The first-order chi connectivity index (χ1) is 12.2. The monoisotopic (exact) mass is 334 g/mol. The average molecular weight is 334 g/mol. The summed E-state index contributed by atoms with van der Waals surface area (Å²) in [7, 11) is 0. The molecule has 0 saturated carbocycles. The second-order valence-electron chi connectivity index (χ2n) is 7.08. The van der Waals surface area contributed by atoms with E-state index in [-0.39, 0.29) is 0 Å². The van der Waals surface area contributed by atoms with Crippen LogP contribution in [0.5, 0.6) is 11.5 Å². The summed E-state index contributed by atoms with van der Waals surface area (Å²) in [6, 6.07) is 10.7. The van der Waals surface area contributed by atoms with Gasteiger partial charge in [-0.1, -0.05) is 19.4 Å². The summed E-state index contributed by atoms with van der Waals surface area (Å²) in [6.07, 6.45) is 8.44. The number of unbranched alkanes of at least 4 members (excludes halogenated alkanes) is 1. The van der Waals surface area contributed by atoms with E-state index in [1.165, 1.54) is 35.7 Å². The van der Waals surface area contributed by atoms with Crippen LogP contribution >= 0.6 is 0 Å². The number of rotatable bonds is 3. The molecule has 25 heavy (non-hydrogen) atoms. The summed E-state index contributed by atoms with van der Waals surface area (Å²) in [4.78, 5) is 7.28. The first kappa shape index (κ1) is 16.2. The fourth-order valence-electron chi connectivity index (χ4n) is 3.65. The number of piperidine rings is 1. The van der Waals surface area contributed by atoms with Crippen molar-refractivity contribution in [2.24, 2.45) is 4.99 Å². The van der Waals surface area contributed by atoms with Crippen LogP contribution in [0.15, 0.2) is 35.3 Å². The summed E-state index contributed by atoms with van der Waals surface area (Å²) < 4.78 is 6.24. The molecule has 0 bridgehead atoms. The molecule has 0 atom stereocenters. The molecule has 4 rings (SSSR count). The second kappa shape index (κ2) is 6.91. The second-order valence-corrected chi connectivity index (χ2v) is 7.08. The Balaban J connectivity index is 1.71. The van der Waals surface area contributed by atoms with Crippen LogP contribution in [0.3, 0.4) is 0 Å². The molecule has 0 radical (unpaired) electrons. The predicted molar refractivity (Wildman–Crippen MR) is 104 cm³/mol. The highest BCUT2D eigenvalue weighted by Gasteiger charge is 2.17. The Hall–Kier alpha value is -2.29. The number of hydrogen-bond acceptors (Lipinski definition) is 3. The Morgan fingerprint density at radius 3 is 2.72 bits per heavy atom. The zero-order valence-corrected chi connectivity index (χ0v) is 15.2. The third-order valence-corrected chi connectivity index (χ3v) is 5.13. The van der Waals surface area contributed by atoms with E-state index >= 15 is 0 Å². The van der Waals surface area contributed by atoms with Crippen molar-refractivity contribution in [3.63, 3.8) is 0 Å². The molecular weight excluding hydrogens is 308 g/mol. The third kappa shape index (κ3) is 3.28. The van der Waals surface area contributed by atoms with Crippen LogP contribution in [0.1, 0.15) is 44.6 Å². The fourth-order valence-corrected chi connectivity index (χ4v) is 3.65. The lowest BCUT2D eigenvalue weighted by Gasteiger charge is -2.29. The molecule has 3 heteroatoms. The van der Waals surface area contributed by atoms with Crippen LogP contribution in [0.2, 0.25) is 0 Å². The summed E-state index contributed by atoms with van der Waals surface area (Å²) in [6.45, 7) is 6.63. The molecule has 0 N–H and O–H groups in total. The van der Waals surface area contributed by atoms with Gasteiger partial charge >= 0.3 is 0 Å². The van der Waals surface area contributed by atoms with E-state index < -0.39 is 0 Å². The van der Waals surface area contributed by atoms with E-state index in [2.05, 4.69) is 55.2 Å². The number of fused-ring (bicyclic) bond motifs is 2. The van der Waals surface area contributed by atoms with Crippen molar-refractivity contribution in [2.45, 2.75) is 46.0 Å². The smallest absolute Gasteiger partial charge is 0.155 e. The fraction of sp³-hybridized carbons (Fsp3) is 0.409. The zero-order valence-electron chi connectivity index (χ0n) is 15.2. The molecule has 2 aliphatic heterocycles. The SMILES string of the molecule is CCC/C=c1/cc2c(cc1C)=Nc1ccc(N3CCCCC3)cc1O2. The van der Waals surface area contributed by atoms with Gasteiger partial charge in [0.15, 0.2) is 11.5 Å². The molecule has 3 nitrogen and oxygen atoms in total. The Morgan fingerprint density at radius 1 is 1.08 bits per heavy atom. The molecule has 1 fully saturated rings. The van der Waals surface area contributed by atoms with Crippen LogP contribution < -0.4 is 20.2 Å². The summed E-state index contributed by atoms with van der Waals surface area (Å²) in [5, 5.41) is 2.19. The van der Waals surface area contributed by atoms with Gasteiger partial charge in [0.1, 0.15) is 11.0 Å². The van der Waals surface area contributed by atoms with Crippen molar-refractivity contribution in [3.05, 3.63) is 46.5 Å². The summed E-state index contributed by atoms with van der Waals surface area (Å²) >= 11 is 0. The number of nitrogens with zero attached hydrogens (tertiary/aromatic N) is 2. The minimum atomic E-state index is 0.872. The standard InChI is InChI=1S/C22H26N2O/c1-3-4-8-17-14-21-20(13-16(17)2)23-19-10-9-18(15-22(19)25-21)24-11-6-5-7-12-24/h8-10,13-15H,3-7,11-12H2,1-2H3/b17-8-. The van der Waals surface area contributed by atoms with Crippen molar-refractivity contribution < 1.29 is 4.74 Å². The van der Waals surface area contributed by atoms with Crippen molar-refractivity contribution >= 4 is 17.5 Å². The molecule has 0 aliphatic carbocycles. The highest BCUT2D eigenvalue weighted by molar-refractivity contribution is 5.64. The van der Waals surface area contributed by atoms with Crippen LogP contribution in [-0.4, -0.2) is 13.1 Å². The number of anilines is 1. The average Bonchev–Trinajstić information content (AvgIpc) is 2.65. The Bertz CT molecular complexity index is 895. The van der Waals surface area contributed by atoms with Crippen molar-refractivity contribution in [2.75, 3.05) is 18.0 Å². The molecule has 2 heterocycles. The van der Waals surface area contributed by atoms with E-state index in [1.807, 2.05) is 0 Å². The van der Waals surface area contributed by atoms with E-state index in [4.69, 9.17) is 9.73 Å². The molecule has 1 saturated heterocycles. The van der Waals surface area contributed by atoms with Gasteiger partial charge in [0.2, 0.25) is 0 Å². The Morgan fingerprint density at radius 2 is 1.92 bits per heavy atom. The molecule has 0 spiro atoms. The van der Waals surface area contributed by atoms with Gasteiger partial charge in [-0.2, -0.15) is 0 Å². The van der Waals surface area contributed by atoms with Gasteiger partial charge in [0.25, 0.3) is 0 Å². The first-order valence-electron chi connectivity index (χ1n) is 9.51. The van der Waals surface area contributed by atoms with Crippen LogP contribution in [0, 0.1) is 6.92 Å². The highest BCUT2D eigenvalue weighted by atomic mass is 16.5. The lowest BCUT2D eigenvalue weighted by Crippen LogP contribution is -2.29. The highest BCUT2D eigenvalue weighted by Crippen LogP contribution is 2.37. The molecule has 2 aliphatic rings. The van der Waals surface area contributed by atoms with Gasteiger partial charge in [0, 0.05) is 24.8 Å². The maximum Gasteiger partial charge on any atom is 0.155 e. The van der Waals surface area contributed by atoms with Crippen LogP contribution in [0.4, 0.5) is 11.4 Å². The van der Waals surface area contributed by atoms with E-state index in [0.29, 0.717) is 0 Å². The van der Waals surface area contributed by atoms with Crippen molar-refractivity contribution in [3.8, 4) is 11.5 Å². The van der Waals surface area contributed by atoms with E-state index in [9.17, 15) is 0 Å². The maximum atomic E-state index is 6.24. The molecular formula is C22H26N2O. The lowest BCUT2D eigenvalue weighted by molar-refractivity contribution is 0.468. The van der Waals surface area contributed by atoms with Crippen LogP contribution in [0.25, 0.3) is 6.08 Å². The minimum absolute atomic E-state index is 0.872. The number of benzene rings is 2. The van der Waals surface area contributed by atoms with Crippen molar-refractivity contribution in [1.82, 2.24) is 0 Å². The van der Waals surface area contributed by atoms with Gasteiger partial charge in [0.05, 0.1) is 0 Å². The van der Waals surface area contributed by atoms with Gasteiger partial charge in [-0.3, -0.25) is 0 Å². The first-order valence-corrected chi connectivity index (χ1v) is 9.51. The number of aryl methyl sites for hydroxylation is 1. The van der Waals surface area contributed by atoms with E-state index in [1.54, 1.807) is 0 Å². The van der Waals surface area contributed by atoms with Gasteiger partial charge < -0.3 is 9.64 Å². The van der Waals surface area contributed by atoms with Gasteiger partial charge in [-0.05, 0) is 67.7 Å². The van der Waals surface area contributed by atoms with Gasteiger partial charge in [-0.25, -0.2) is 4.99 Å². The Kier molecular flexibility index (Phi) is 4.48. The quantitative estimate of drug-likeness (QED) is 0.698. The molecule has 0 amide bonds. The number of ether oxygens (including phenoxy) is 1. The summed E-state index contributed by atoms with van der Waals surface area (Å²) in [5.74, 6) is 1.75. The molecule has 130 valence electrons. The predicted octanol–water partition coefficient (Wildman–Crippen LogP) is 4.62. The maximum absolute atomic E-state index is 6.24. The topological polar surface area (TPSA) is 24.8 Å². The van der Waals surface area contributed by atoms with Crippen molar-refractivity contribution in [1.29, 1.82) is 0 Å². The Labute approximate surface area is 149 Å². The largest absolute Gasteiger partial charge is 0.453 e.